The fourth-order valence-electron chi connectivity index (χ4n) is 6.00. The Hall–Kier alpha value is -3.39. The third-order valence-corrected chi connectivity index (χ3v) is 8.08. The van der Waals surface area contributed by atoms with Gasteiger partial charge in [-0.1, -0.05) is 24.3 Å². The summed E-state index contributed by atoms with van der Waals surface area (Å²) < 4.78 is 22.7. The molecule has 5 N–H and O–H groups in total. The summed E-state index contributed by atoms with van der Waals surface area (Å²) in [5, 5.41) is 49.4. The molecule has 0 saturated carbocycles. The van der Waals surface area contributed by atoms with E-state index in [0.29, 0.717) is 22.3 Å². The van der Waals surface area contributed by atoms with Gasteiger partial charge in [0.2, 0.25) is 0 Å². The van der Waals surface area contributed by atoms with E-state index < -0.39 is 73.3 Å². The molecule has 1 aromatic carbocycles. The van der Waals surface area contributed by atoms with E-state index in [2.05, 4.69) is 6.58 Å². The molecule has 2 aliphatic carbocycles. The van der Waals surface area contributed by atoms with Crippen LogP contribution in [0, 0.1) is 11.8 Å². The number of allylic oxidation sites excluding steroid dienone is 1. The molecular formula is C29H32O12. The minimum Gasteiger partial charge on any atom is -0.508 e. The number of hydrogen-bond donors (Lipinski definition) is 5. The van der Waals surface area contributed by atoms with Gasteiger partial charge >= 0.3 is 11.9 Å². The van der Waals surface area contributed by atoms with Crippen LogP contribution in [0.25, 0.3) is 0 Å². The van der Waals surface area contributed by atoms with Crippen LogP contribution in [0.1, 0.15) is 18.9 Å². The zero-order valence-electron chi connectivity index (χ0n) is 22.2. The molecule has 0 aromatic heterocycles. The van der Waals surface area contributed by atoms with Gasteiger partial charge in [0, 0.05) is 23.5 Å². The van der Waals surface area contributed by atoms with Crippen molar-refractivity contribution < 1.29 is 58.9 Å². The van der Waals surface area contributed by atoms with Crippen LogP contribution in [0.4, 0.5) is 0 Å². The summed E-state index contributed by atoms with van der Waals surface area (Å²) >= 11 is 0. The van der Waals surface area contributed by atoms with E-state index in [0.717, 1.165) is 0 Å². The van der Waals surface area contributed by atoms with Gasteiger partial charge in [-0.05, 0) is 36.3 Å². The van der Waals surface area contributed by atoms with E-state index >= 15 is 0 Å². The standard InChI is InChI=1S/C29H32O12/c1-12-7-18(39-20(33)8-14-3-5-16(31)6-4-14)22-13(2)28(37)41-27(22)23-15(9-17(32)21(12)23)11-38-29-26(36)25(35)24(34)19(10-30)40-29/h3-6,9,18-19,22-27,29-31,34-36H,2,7-8,10-11H2,1H3. The molecule has 5 rings (SSSR count). The second-order valence-corrected chi connectivity index (χ2v) is 10.8. The number of carbonyl (C=O) groups is 3. The lowest BCUT2D eigenvalue weighted by Gasteiger charge is -2.39. The van der Waals surface area contributed by atoms with Crippen LogP contribution in [-0.2, 0) is 39.8 Å². The SMILES string of the molecule is C=C1C(=O)OC2C3C(COC4OC(CO)C(O)C(O)C4O)=CC(=O)C3=C(C)CC(OC(=O)Cc3ccc(O)cc3)C12. The number of phenolic OH excluding ortho intramolecular Hbond substituents is 1. The average molecular weight is 573 g/mol. The first-order valence-corrected chi connectivity index (χ1v) is 13.2. The number of fused-ring (bicyclic) bond motifs is 3. The van der Waals surface area contributed by atoms with Gasteiger partial charge in [0.25, 0.3) is 0 Å². The van der Waals surface area contributed by atoms with Gasteiger partial charge in [-0.2, -0.15) is 0 Å². The van der Waals surface area contributed by atoms with Crippen molar-refractivity contribution in [2.75, 3.05) is 13.2 Å². The van der Waals surface area contributed by atoms with Crippen molar-refractivity contribution in [3.63, 3.8) is 0 Å². The molecule has 0 radical (unpaired) electrons. The van der Waals surface area contributed by atoms with E-state index in [9.17, 15) is 39.9 Å². The third-order valence-electron chi connectivity index (χ3n) is 8.08. The first-order chi connectivity index (χ1) is 19.5. The molecule has 1 aromatic rings. The van der Waals surface area contributed by atoms with Gasteiger partial charge in [-0.3, -0.25) is 9.59 Å². The van der Waals surface area contributed by atoms with Gasteiger partial charge in [0.05, 0.1) is 25.6 Å². The van der Waals surface area contributed by atoms with Crippen LogP contribution in [0.15, 0.2) is 59.2 Å². The zero-order chi connectivity index (χ0) is 29.6. The maximum absolute atomic E-state index is 13.2. The van der Waals surface area contributed by atoms with Gasteiger partial charge in [-0.25, -0.2) is 4.79 Å². The minimum absolute atomic E-state index is 0.0597. The van der Waals surface area contributed by atoms with Crippen molar-refractivity contribution in [2.24, 2.45) is 11.8 Å². The van der Waals surface area contributed by atoms with E-state index in [1.165, 1.54) is 18.2 Å². The lowest BCUT2D eigenvalue weighted by Crippen LogP contribution is -2.59. The maximum atomic E-state index is 13.2. The maximum Gasteiger partial charge on any atom is 0.334 e. The molecule has 12 nitrogen and oxygen atoms in total. The van der Waals surface area contributed by atoms with Crippen LogP contribution < -0.4 is 0 Å². The van der Waals surface area contributed by atoms with Crippen LogP contribution in [0.5, 0.6) is 5.75 Å². The summed E-state index contributed by atoms with van der Waals surface area (Å²) in [5.74, 6) is -3.02. The summed E-state index contributed by atoms with van der Waals surface area (Å²) in [7, 11) is 0. The fourth-order valence-corrected chi connectivity index (χ4v) is 6.00. The number of esters is 2. The quantitative estimate of drug-likeness (QED) is 0.210. The van der Waals surface area contributed by atoms with E-state index in [1.54, 1.807) is 19.1 Å². The molecule has 9 unspecified atom stereocenters. The number of aromatic hydroxyl groups is 1. The van der Waals surface area contributed by atoms with Gasteiger partial charge in [-0.15, -0.1) is 0 Å². The van der Waals surface area contributed by atoms with Crippen LogP contribution in [0.3, 0.4) is 0 Å². The van der Waals surface area contributed by atoms with Crippen LogP contribution in [0.2, 0.25) is 0 Å². The Balaban J connectivity index is 1.36. The fraction of sp³-hybridized carbons (Fsp3) is 0.483. The monoisotopic (exact) mass is 572 g/mol. The summed E-state index contributed by atoms with van der Waals surface area (Å²) in [6.45, 7) is 4.72. The Morgan fingerprint density at radius 1 is 1.10 bits per heavy atom. The highest BCUT2D eigenvalue weighted by atomic mass is 16.7. The Kier molecular flexibility index (Phi) is 8.15. The molecular weight excluding hydrogens is 540 g/mol. The second-order valence-electron chi connectivity index (χ2n) is 10.8. The molecule has 2 saturated heterocycles. The summed E-state index contributed by atoms with van der Waals surface area (Å²) in [6, 6.07) is 6.10. The number of ether oxygens (including phenoxy) is 4. The van der Waals surface area contributed by atoms with Crippen molar-refractivity contribution in [2.45, 2.75) is 62.7 Å². The predicted octanol–water partition coefficient (Wildman–Crippen LogP) is -0.394. The lowest BCUT2D eigenvalue weighted by molar-refractivity contribution is -0.299. The molecule has 220 valence electrons. The Bertz CT molecular complexity index is 1300. The zero-order valence-corrected chi connectivity index (χ0v) is 22.2. The number of ketones is 1. The van der Waals surface area contributed by atoms with Gasteiger partial charge < -0.3 is 44.5 Å². The Labute approximate surface area is 235 Å². The van der Waals surface area contributed by atoms with E-state index in [1.807, 2.05) is 0 Å². The molecule has 0 bridgehead atoms. The lowest BCUT2D eigenvalue weighted by atomic mass is 9.82. The molecule has 0 spiro atoms. The number of phenols is 1. The molecule has 4 aliphatic rings. The Morgan fingerprint density at radius 2 is 1.80 bits per heavy atom. The second kappa shape index (κ2) is 11.5. The van der Waals surface area contributed by atoms with E-state index in [-0.39, 0.29) is 36.6 Å². The first-order valence-electron chi connectivity index (χ1n) is 13.2. The Morgan fingerprint density at radius 3 is 2.49 bits per heavy atom. The molecule has 41 heavy (non-hydrogen) atoms. The normalized spacial score (nSPS) is 35.0. The highest BCUT2D eigenvalue weighted by molar-refractivity contribution is 6.09. The van der Waals surface area contributed by atoms with Crippen molar-refractivity contribution in [3.8, 4) is 5.75 Å². The van der Waals surface area contributed by atoms with Crippen molar-refractivity contribution >= 4 is 17.7 Å². The number of rotatable bonds is 7. The smallest absolute Gasteiger partial charge is 0.334 e. The average Bonchev–Trinajstić information content (AvgIpc) is 3.38. The number of carbonyl (C=O) groups excluding carboxylic acids is 3. The topological polar surface area (TPSA) is 189 Å². The van der Waals surface area contributed by atoms with Crippen molar-refractivity contribution in [1.82, 2.24) is 0 Å². The predicted molar refractivity (Wildman–Crippen MR) is 138 cm³/mol. The van der Waals surface area contributed by atoms with Crippen molar-refractivity contribution in [3.05, 3.63) is 64.8 Å². The van der Waals surface area contributed by atoms with Crippen LogP contribution in [-0.4, -0.2) is 99.4 Å². The highest BCUT2D eigenvalue weighted by Gasteiger charge is 2.55. The number of benzene rings is 1. The molecule has 12 heteroatoms. The molecule has 2 aliphatic heterocycles. The summed E-state index contributed by atoms with van der Waals surface area (Å²) in [4.78, 5) is 38.8. The van der Waals surface area contributed by atoms with E-state index in [4.69, 9.17) is 18.9 Å². The minimum atomic E-state index is -1.64. The molecule has 2 fully saturated rings. The van der Waals surface area contributed by atoms with Crippen LogP contribution >= 0.6 is 0 Å². The number of hydrogen-bond acceptors (Lipinski definition) is 12. The summed E-state index contributed by atoms with van der Waals surface area (Å²) in [6.07, 6.45) is -7.76. The summed E-state index contributed by atoms with van der Waals surface area (Å²) in [5.41, 5.74) is 2.16. The first kappa shape index (κ1) is 29.1. The largest absolute Gasteiger partial charge is 0.508 e. The molecule has 0 amide bonds. The number of aliphatic hydroxyl groups excluding tert-OH is 4. The molecule has 9 atom stereocenters. The number of aliphatic hydroxyl groups is 4. The third kappa shape index (κ3) is 5.46. The highest BCUT2D eigenvalue weighted by Crippen LogP contribution is 2.48. The molecule has 2 heterocycles. The van der Waals surface area contributed by atoms with Crippen molar-refractivity contribution in [1.29, 1.82) is 0 Å². The van der Waals surface area contributed by atoms with Gasteiger partial charge in [0.15, 0.2) is 12.1 Å². The van der Waals surface area contributed by atoms with Gasteiger partial charge in [0.1, 0.15) is 42.4 Å².